The second-order valence-electron chi connectivity index (χ2n) is 5.14. The zero-order chi connectivity index (χ0) is 13.8. The molecule has 3 rings (SSSR count). The molecule has 0 N–H and O–H groups in total. The van der Waals surface area contributed by atoms with Crippen molar-refractivity contribution in [2.45, 2.75) is 17.4 Å². The Morgan fingerprint density at radius 3 is 2.40 bits per heavy atom. The van der Waals surface area contributed by atoms with Gasteiger partial charge in [-0.05, 0) is 31.2 Å². The van der Waals surface area contributed by atoms with E-state index >= 15 is 0 Å². The van der Waals surface area contributed by atoms with Gasteiger partial charge in [0, 0.05) is 16.2 Å². The highest BCUT2D eigenvalue weighted by atomic mass is 32.2. The van der Waals surface area contributed by atoms with Crippen LogP contribution in [0, 0.1) is 0 Å². The van der Waals surface area contributed by atoms with Crippen LogP contribution in [0.1, 0.15) is 12.5 Å². The van der Waals surface area contributed by atoms with Crippen LogP contribution in [0.15, 0.2) is 70.6 Å². The Bertz CT molecular complexity index is 597. The van der Waals surface area contributed by atoms with Gasteiger partial charge in [-0.25, -0.2) is 4.99 Å². The first-order valence-electron chi connectivity index (χ1n) is 6.72. The molecule has 0 spiro atoms. The Morgan fingerprint density at radius 2 is 1.70 bits per heavy atom. The predicted molar refractivity (Wildman–Crippen MR) is 84.5 cm³/mol. The summed E-state index contributed by atoms with van der Waals surface area (Å²) in [6.45, 7) is 2.85. The van der Waals surface area contributed by atoms with Gasteiger partial charge in [0.25, 0.3) is 0 Å². The molecule has 2 aromatic rings. The maximum Gasteiger partial charge on any atom is 0.216 e. The van der Waals surface area contributed by atoms with Crippen LogP contribution < -0.4 is 0 Å². The average Bonchev–Trinajstić information content (AvgIpc) is 2.90. The van der Waals surface area contributed by atoms with E-state index < -0.39 is 0 Å². The molecular weight excluding hydrogens is 266 g/mol. The molecular formula is C17H17NOS. The summed E-state index contributed by atoms with van der Waals surface area (Å²) in [7, 11) is 0. The average molecular weight is 283 g/mol. The minimum Gasteiger partial charge on any atom is -0.468 e. The lowest BCUT2D eigenvalue weighted by Gasteiger charge is -2.23. The van der Waals surface area contributed by atoms with Crippen molar-refractivity contribution in [3.8, 4) is 0 Å². The molecule has 2 aromatic carbocycles. The smallest absolute Gasteiger partial charge is 0.216 e. The molecule has 0 amide bonds. The van der Waals surface area contributed by atoms with Crippen molar-refractivity contribution in [3.05, 3.63) is 66.2 Å². The van der Waals surface area contributed by atoms with Crippen LogP contribution in [0.4, 0.5) is 0 Å². The first-order chi connectivity index (χ1) is 9.75. The van der Waals surface area contributed by atoms with Crippen molar-refractivity contribution in [1.29, 1.82) is 0 Å². The first kappa shape index (κ1) is 13.3. The second kappa shape index (κ2) is 5.71. The van der Waals surface area contributed by atoms with E-state index in [9.17, 15) is 0 Å². The summed E-state index contributed by atoms with van der Waals surface area (Å²) < 4.78 is 6.09. The molecule has 0 fully saturated rings. The highest BCUT2D eigenvalue weighted by molar-refractivity contribution is 7.99. The Balaban J connectivity index is 1.62. The van der Waals surface area contributed by atoms with E-state index in [0.29, 0.717) is 0 Å². The Labute approximate surface area is 123 Å². The normalized spacial score (nSPS) is 21.4. The van der Waals surface area contributed by atoms with Crippen molar-refractivity contribution >= 4 is 17.7 Å². The van der Waals surface area contributed by atoms with Gasteiger partial charge >= 0.3 is 0 Å². The maximum atomic E-state index is 6.09. The van der Waals surface area contributed by atoms with Gasteiger partial charge in [0.2, 0.25) is 5.90 Å². The van der Waals surface area contributed by atoms with Crippen LogP contribution in [-0.2, 0) is 4.74 Å². The largest absolute Gasteiger partial charge is 0.468 e. The van der Waals surface area contributed by atoms with Crippen LogP contribution in [0.3, 0.4) is 0 Å². The zero-order valence-electron chi connectivity index (χ0n) is 11.5. The molecule has 1 aliphatic heterocycles. The Morgan fingerprint density at radius 1 is 1.05 bits per heavy atom. The van der Waals surface area contributed by atoms with E-state index in [0.717, 1.165) is 23.8 Å². The maximum absolute atomic E-state index is 6.09. The van der Waals surface area contributed by atoms with Gasteiger partial charge < -0.3 is 4.74 Å². The van der Waals surface area contributed by atoms with Crippen LogP contribution >= 0.6 is 11.8 Å². The molecule has 0 aliphatic carbocycles. The van der Waals surface area contributed by atoms with E-state index in [-0.39, 0.29) is 5.60 Å². The zero-order valence-corrected chi connectivity index (χ0v) is 12.3. The third-order valence-corrected chi connectivity index (χ3v) is 4.57. The molecule has 0 bridgehead atoms. The number of rotatable bonds is 4. The van der Waals surface area contributed by atoms with Crippen molar-refractivity contribution in [2.75, 3.05) is 12.3 Å². The highest BCUT2D eigenvalue weighted by Gasteiger charge is 2.33. The van der Waals surface area contributed by atoms with Crippen LogP contribution in [-0.4, -0.2) is 23.8 Å². The third-order valence-electron chi connectivity index (χ3n) is 3.21. The lowest BCUT2D eigenvalue weighted by atomic mass is 10.1. The fourth-order valence-corrected chi connectivity index (χ4v) is 3.07. The van der Waals surface area contributed by atoms with Gasteiger partial charge in [-0.2, -0.15) is 0 Å². The molecule has 0 saturated carbocycles. The van der Waals surface area contributed by atoms with E-state index in [4.69, 9.17) is 4.74 Å². The number of aliphatic imine (C=N–C) groups is 1. The van der Waals surface area contributed by atoms with Crippen molar-refractivity contribution in [2.24, 2.45) is 4.99 Å². The first-order valence-corrected chi connectivity index (χ1v) is 7.70. The number of thioether (sulfide) groups is 1. The van der Waals surface area contributed by atoms with Gasteiger partial charge in [0.1, 0.15) is 5.60 Å². The Hall–Kier alpha value is -1.74. The molecule has 1 unspecified atom stereocenters. The quantitative estimate of drug-likeness (QED) is 0.791. The van der Waals surface area contributed by atoms with Gasteiger partial charge in [-0.15, -0.1) is 11.8 Å². The standard InChI is InChI=1S/C17H17NOS/c1-17(13-20-15-10-6-3-7-11-15)12-18-16(19-17)14-8-4-2-5-9-14/h2-11H,12-13H2,1H3. The van der Waals surface area contributed by atoms with Crippen LogP contribution in [0.5, 0.6) is 0 Å². The number of nitrogens with zero attached hydrogens (tertiary/aromatic N) is 1. The molecule has 1 heterocycles. The Kier molecular flexibility index (Phi) is 3.79. The molecule has 0 aromatic heterocycles. The monoisotopic (exact) mass is 283 g/mol. The lowest BCUT2D eigenvalue weighted by Crippen LogP contribution is -2.32. The second-order valence-corrected chi connectivity index (χ2v) is 6.19. The van der Waals surface area contributed by atoms with E-state index in [1.54, 1.807) is 0 Å². The van der Waals surface area contributed by atoms with Crippen molar-refractivity contribution in [1.82, 2.24) is 0 Å². The lowest BCUT2D eigenvalue weighted by molar-refractivity contribution is 0.136. The number of benzene rings is 2. The van der Waals surface area contributed by atoms with Crippen molar-refractivity contribution < 1.29 is 4.74 Å². The van der Waals surface area contributed by atoms with Gasteiger partial charge in [0.15, 0.2) is 0 Å². The SMILES string of the molecule is CC1(CSc2ccccc2)CN=C(c2ccccc2)O1. The van der Waals surface area contributed by atoms with Crippen LogP contribution in [0.25, 0.3) is 0 Å². The predicted octanol–water partition coefficient (Wildman–Crippen LogP) is 4.01. The van der Waals surface area contributed by atoms with E-state index in [1.165, 1.54) is 4.90 Å². The summed E-state index contributed by atoms with van der Waals surface area (Å²) in [5.74, 6) is 1.67. The molecule has 102 valence electrons. The van der Waals surface area contributed by atoms with Crippen LogP contribution in [0.2, 0.25) is 0 Å². The summed E-state index contributed by atoms with van der Waals surface area (Å²) in [6, 6.07) is 20.5. The topological polar surface area (TPSA) is 21.6 Å². The third kappa shape index (κ3) is 3.05. The number of hydrogen-bond acceptors (Lipinski definition) is 3. The summed E-state index contributed by atoms with van der Waals surface area (Å²) in [6.07, 6.45) is 0. The minimum absolute atomic E-state index is 0.217. The van der Waals surface area contributed by atoms with Gasteiger partial charge in [-0.3, -0.25) is 0 Å². The van der Waals surface area contributed by atoms with E-state index in [2.05, 4.69) is 36.2 Å². The van der Waals surface area contributed by atoms with Crippen molar-refractivity contribution in [3.63, 3.8) is 0 Å². The number of hydrogen-bond donors (Lipinski definition) is 0. The molecule has 1 aliphatic rings. The molecule has 1 atom stereocenters. The molecule has 0 radical (unpaired) electrons. The molecule has 2 nitrogen and oxygen atoms in total. The summed E-state index contributed by atoms with van der Waals surface area (Å²) in [4.78, 5) is 5.82. The van der Waals surface area contributed by atoms with E-state index in [1.807, 2.05) is 48.2 Å². The minimum atomic E-state index is -0.217. The molecule has 3 heteroatoms. The number of ether oxygens (including phenoxy) is 1. The summed E-state index contributed by atoms with van der Waals surface area (Å²) >= 11 is 1.82. The summed E-state index contributed by atoms with van der Waals surface area (Å²) in [5, 5.41) is 0. The molecule has 20 heavy (non-hydrogen) atoms. The fraction of sp³-hybridized carbons (Fsp3) is 0.235. The fourth-order valence-electron chi connectivity index (χ4n) is 2.10. The summed E-state index contributed by atoms with van der Waals surface area (Å²) in [5.41, 5.74) is 0.840. The highest BCUT2D eigenvalue weighted by Crippen LogP contribution is 2.29. The van der Waals surface area contributed by atoms with Gasteiger partial charge in [0.05, 0.1) is 6.54 Å². The van der Waals surface area contributed by atoms with Gasteiger partial charge in [-0.1, -0.05) is 36.4 Å². The molecule has 0 saturated heterocycles.